The average molecular weight is 325 g/mol. The van der Waals surface area contributed by atoms with E-state index in [2.05, 4.69) is 10.3 Å². The van der Waals surface area contributed by atoms with Gasteiger partial charge in [-0.2, -0.15) is 0 Å². The highest BCUT2D eigenvalue weighted by atomic mass is 16.2. The van der Waals surface area contributed by atoms with Gasteiger partial charge in [-0.25, -0.2) is 0 Å². The molecule has 0 unspecified atom stereocenters. The number of aromatic amines is 1. The number of anilines is 1. The molecule has 2 heterocycles. The van der Waals surface area contributed by atoms with Crippen molar-refractivity contribution in [1.29, 1.82) is 0 Å². The fourth-order valence-electron chi connectivity index (χ4n) is 2.80. The van der Waals surface area contributed by atoms with E-state index in [-0.39, 0.29) is 23.4 Å². The first-order valence-electron chi connectivity index (χ1n) is 7.94. The lowest BCUT2D eigenvalue weighted by Gasteiger charge is -2.19. The van der Waals surface area contributed by atoms with Crippen LogP contribution in [0.2, 0.25) is 0 Å². The van der Waals surface area contributed by atoms with Gasteiger partial charge in [0.25, 0.3) is 5.91 Å². The van der Waals surface area contributed by atoms with Gasteiger partial charge in [0.05, 0.1) is 11.6 Å². The van der Waals surface area contributed by atoms with Crippen LogP contribution in [0.4, 0.5) is 5.69 Å². The standard InChI is InChI=1S/C18H19N3O3/c1-12(20-18(24)14-7-8-16(22)19-11-14)13-4-2-5-15(10-13)21-9-3-6-17(21)23/h2,4-5,7-8,10-12H,3,6,9H2,1H3,(H,19,22)(H,20,24)/t12-/m0/s1. The first-order chi connectivity index (χ1) is 11.5. The molecule has 2 amide bonds. The number of carbonyl (C=O) groups is 2. The highest BCUT2D eigenvalue weighted by Gasteiger charge is 2.22. The molecule has 0 radical (unpaired) electrons. The monoisotopic (exact) mass is 325 g/mol. The zero-order chi connectivity index (χ0) is 17.1. The Morgan fingerprint density at radius 1 is 1.25 bits per heavy atom. The fourth-order valence-corrected chi connectivity index (χ4v) is 2.80. The molecular formula is C18H19N3O3. The summed E-state index contributed by atoms with van der Waals surface area (Å²) in [7, 11) is 0. The summed E-state index contributed by atoms with van der Waals surface area (Å²) in [6.07, 6.45) is 2.86. The second-order valence-electron chi connectivity index (χ2n) is 5.88. The van der Waals surface area contributed by atoms with E-state index >= 15 is 0 Å². The Labute approximate surface area is 139 Å². The van der Waals surface area contributed by atoms with Gasteiger partial charge in [0, 0.05) is 30.9 Å². The first kappa shape index (κ1) is 16.0. The second kappa shape index (κ2) is 6.70. The fraction of sp³-hybridized carbons (Fsp3) is 0.278. The minimum atomic E-state index is -0.263. The van der Waals surface area contributed by atoms with Gasteiger partial charge in [0.2, 0.25) is 11.5 Å². The summed E-state index contributed by atoms with van der Waals surface area (Å²) in [5, 5.41) is 2.90. The summed E-state index contributed by atoms with van der Waals surface area (Å²) in [6.45, 7) is 2.62. The van der Waals surface area contributed by atoms with Crippen molar-refractivity contribution in [2.24, 2.45) is 0 Å². The first-order valence-corrected chi connectivity index (χ1v) is 7.94. The van der Waals surface area contributed by atoms with Crippen molar-refractivity contribution in [1.82, 2.24) is 10.3 Å². The Hall–Kier alpha value is -2.89. The number of nitrogens with one attached hydrogen (secondary N) is 2. The molecule has 0 aliphatic carbocycles. The van der Waals surface area contributed by atoms with Gasteiger partial charge >= 0.3 is 0 Å². The van der Waals surface area contributed by atoms with Crippen LogP contribution in [0.3, 0.4) is 0 Å². The third kappa shape index (κ3) is 3.37. The molecule has 24 heavy (non-hydrogen) atoms. The topological polar surface area (TPSA) is 82.3 Å². The van der Waals surface area contributed by atoms with Crippen LogP contribution in [0.1, 0.15) is 41.7 Å². The Balaban J connectivity index is 1.74. The van der Waals surface area contributed by atoms with Crippen molar-refractivity contribution < 1.29 is 9.59 Å². The van der Waals surface area contributed by atoms with E-state index in [1.165, 1.54) is 18.3 Å². The van der Waals surface area contributed by atoms with Crippen LogP contribution in [0.15, 0.2) is 47.4 Å². The number of carbonyl (C=O) groups excluding carboxylic acids is 2. The van der Waals surface area contributed by atoms with Crippen LogP contribution >= 0.6 is 0 Å². The number of aromatic nitrogens is 1. The predicted octanol–water partition coefficient (Wildman–Crippen LogP) is 1.99. The lowest BCUT2D eigenvalue weighted by molar-refractivity contribution is -0.117. The molecule has 2 N–H and O–H groups in total. The minimum absolute atomic E-state index is 0.136. The van der Waals surface area contributed by atoms with Crippen molar-refractivity contribution in [3.05, 3.63) is 64.1 Å². The van der Waals surface area contributed by atoms with E-state index in [0.29, 0.717) is 12.0 Å². The van der Waals surface area contributed by atoms with Crippen LogP contribution in [-0.2, 0) is 4.79 Å². The number of pyridine rings is 1. The molecule has 0 saturated carbocycles. The zero-order valence-corrected chi connectivity index (χ0v) is 13.4. The number of nitrogens with zero attached hydrogens (tertiary/aromatic N) is 1. The highest BCUT2D eigenvalue weighted by Crippen LogP contribution is 2.24. The van der Waals surface area contributed by atoms with Crippen molar-refractivity contribution in [3.8, 4) is 0 Å². The summed E-state index contributed by atoms with van der Waals surface area (Å²) in [4.78, 5) is 39.4. The number of hydrogen-bond acceptors (Lipinski definition) is 3. The van der Waals surface area contributed by atoms with Gasteiger partial charge in [0.1, 0.15) is 0 Å². The molecule has 1 fully saturated rings. The van der Waals surface area contributed by atoms with Gasteiger partial charge in [-0.1, -0.05) is 12.1 Å². The Bertz CT molecular complexity index is 808. The smallest absolute Gasteiger partial charge is 0.253 e. The molecule has 2 aromatic rings. The normalized spacial score (nSPS) is 15.4. The summed E-state index contributed by atoms with van der Waals surface area (Å²) in [5.41, 5.74) is 1.93. The van der Waals surface area contributed by atoms with Crippen LogP contribution in [-0.4, -0.2) is 23.3 Å². The number of benzene rings is 1. The summed E-state index contributed by atoms with van der Waals surface area (Å²) in [6, 6.07) is 10.2. The summed E-state index contributed by atoms with van der Waals surface area (Å²) >= 11 is 0. The second-order valence-corrected chi connectivity index (χ2v) is 5.88. The Kier molecular flexibility index (Phi) is 4.46. The minimum Gasteiger partial charge on any atom is -0.345 e. The van der Waals surface area contributed by atoms with Gasteiger partial charge in [0.15, 0.2) is 0 Å². The lowest BCUT2D eigenvalue weighted by Crippen LogP contribution is -2.28. The molecule has 1 aliphatic heterocycles. The van der Waals surface area contributed by atoms with E-state index in [1.807, 2.05) is 31.2 Å². The van der Waals surface area contributed by atoms with Gasteiger partial charge < -0.3 is 15.2 Å². The van der Waals surface area contributed by atoms with E-state index in [9.17, 15) is 14.4 Å². The zero-order valence-electron chi connectivity index (χ0n) is 13.4. The molecule has 3 rings (SSSR count). The molecule has 124 valence electrons. The molecule has 1 saturated heterocycles. The van der Waals surface area contributed by atoms with Crippen molar-refractivity contribution in [2.75, 3.05) is 11.4 Å². The van der Waals surface area contributed by atoms with Crippen molar-refractivity contribution in [2.45, 2.75) is 25.8 Å². The van der Waals surface area contributed by atoms with Gasteiger partial charge in [-0.15, -0.1) is 0 Å². The van der Waals surface area contributed by atoms with Crippen LogP contribution < -0.4 is 15.8 Å². The maximum atomic E-state index is 12.2. The quantitative estimate of drug-likeness (QED) is 0.902. The van der Waals surface area contributed by atoms with E-state index < -0.39 is 0 Å². The molecule has 6 nitrogen and oxygen atoms in total. The molecule has 0 spiro atoms. The molecule has 1 atom stereocenters. The van der Waals surface area contributed by atoms with Gasteiger partial charge in [-0.05, 0) is 37.1 Å². The number of amides is 2. The summed E-state index contributed by atoms with van der Waals surface area (Å²) in [5.74, 6) is -0.126. The van der Waals surface area contributed by atoms with Gasteiger partial charge in [-0.3, -0.25) is 14.4 Å². The Morgan fingerprint density at radius 3 is 2.75 bits per heavy atom. The maximum absolute atomic E-state index is 12.2. The number of rotatable bonds is 4. The molecule has 6 heteroatoms. The van der Waals surface area contributed by atoms with Crippen LogP contribution in [0, 0.1) is 0 Å². The highest BCUT2D eigenvalue weighted by molar-refractivity contribution is 5.95. The van der Waals surface area contributed by atoms with Crippen molar-refractivity contribution >= 4 is 17.5 Å². The molecular weight excluding hydrogens is 306 g/mol. The average Bonchev–Trinajstić information content (AvgIpc) is 3.01. The SMILES string of the molecule is C[C@H](NC(=O)c1ccc(=O)[nH]c1)c1cccc(N2CCCC2=O)c1. The predicted molar refractivity (Wildman–Crippen MR) is 91.0 cm³/mol. The molecule has 1 aromatic heterocycles. The molecule has 1 aromatic carbocycles. The summed E-state index contributed by atoms with van der Waals surface area (Å²) < 4.78 is 0. The lowest BCUT2D eigenvalue weighted by atomic mass is 10.1. The largest absolute Gasteiger partial charge is 0.345 e. The van der Waals surface area contributed by atoms with Crippen molar-refractivity contribution in [3.63, 3.8) is 0 Å². The molecule has 1 aliphatic rings. The number of hydrogen-bond donors (Lipinski definition) is 2. The maximum Gasteiger partial charge on any atom is 0.253 e. The van der Waals surface area contributed by atoms with E-state index in [0.717, 1.165) is 24.2 Å². The number of H-pyrrole nitrogens is 1. The third-order valence-electron chi connectivity index (χ3n) is 4.15. The van der Waals surface area contributed by atoms with Crippen LogP contribution in [0.25, 0.3) is 0 Å². The Morgan fingerprint density at radius 2 is 2.08 bits per heavy atom. The van der Waals surface area contributed by atoms with Crippen LogP contribution in [0.5, 0.6) is 0 Å². The molecule has 0 bridgehead atoms. The third-order valence-corrected chi connectivity index (χ3v) is 4.15. The van der Waals surface area contributed by atoms with E-state index in [1.54, 1.807) is 4.90 Å². The van der Waals surface area contributed by atoms with E-state index in [4.69, 9.17) is 0 Å².